The molecule has 1 amide bonds. The molecule has 0 saturated heterocycles. The maximum Gasteiger partial charge on any atom is 0.258 e. The van der Waals surface area contributed by atoms with Crippen molar-refractivity contribution in [2.24, 2.45) is 5.73 Å². The van der Waals surface area contributed by atoms with Gasteiger partial charge in [0.2, 0.25) is 0 Å². The average molecular weight is 392 g/mol. The number of nitrogens with one attached hydrogen (secondary N) is 1. The number of ether oxygens (including phenoxy) is 1. The molecule has 1 atom stereocenters. The van der Waals surface area contributed by atoms with E-state index in [1.807, 2.05) is 6.92 Å². The second kappa shape index (κ2) is 9.30. The third-order valence-corrected chi connectivity index (χ3v) is 5.00. The van der Waals surface area contributed by atoms with E-state index >= 15 is 0 Å². The van der Waals surface area contributed by atoms with Gasteiger partial charge in [0.1, 0.15) is 17.3 Å². The van der Waals surface area contributed by atoms with E-state index in [2.05, 4.69) is 5.32 Å². The molecule has 26 heavy (non-hydrogen) atoms. The van der Waals surface area contributed by atoms with Crippen LogP contribution in [0.2, 0.25) is 0 Å². The van der Waals surface area contributed by atoms with Gasteiger partial charge in [0.15, 0.2) is 0 Å². The van der Waals surface area contributed by atoms with E-state index in [9.17, 15) is 9.00 Å². The topological polar surface area (TPSA) is 107 Å². The molecule has 0 bridgehead atoms. The van der Waals surface area contributed by atoms with Crippen molar-refractivity contribution in [3.8, 4) is 11.5 Å². The third kappa shape index (κ3) is 5.27. The minimum Gasteiger partial charge on any atom is -0.456 e. The summed E-state index contributed by atoms with van der Waals surface area (Å²) >= 11 is 1.48. The van der Waals surface area contributed by atoms with E-state index in [0.29, 0.717) is 22.1 Å². The van der Waals surface area contributed by atoms with Crippen molar-refractivity contribution in [1.82, 2.24) is 5.32 Å². The first-order chi connectivity index (χ1) is 12.4. The van der Waals surface area contributed by atoms with Gasteiger partial charge in [-0.05, 0) is 36.1 Å². The fourth-order valence-corrected chi connectivity index (χ4v) is 3.16. The van der Waals surface area contributed by atoms with Crippen LogP contribution in [0.15, 0.2) is 58.6 Å². The predicted molar refractivity (Wildman–Crippen MR) is 108 cm³/mol. The summed E-state index contributed by atoms with van der Waals surface area (Å²) < 4.78 is 17.6. The van der Waals surface area contributed by atoms with Gasteiger partial charge in [0.05, 0.1) is 21.3 Å². The van der Waals surface area contributed by atoms with Crippen molar-refractivity contribution in [3.63, 3.8) is 0 Å². The third-order valence-electron chi connectivity index (χ3n) is 3.29. The molecule has 0 aliphatic rings. The molecule has 138 valence electrons. The Kier molecular flexibility index (Phi) is 7.11. The van der Waals surface area contributed by atoms with E-state index < -0.39 is 16.7 Å². The van der Waals surface area contributed by atoms with Crippen molar-refractivity contribution in [3.05, 3.63) is 59.3 Å². The summed E-state index contributed by atoms with van der Waals surface area (Å²) in [5.74, 6) is 1.54. The Labute approximate surface area is 159 Å². The molecule has 6 nitrogen and oxygen atoms in total. The van der Waals surface area contributed by atoms with Gasteiger partial charge in [-0.15, -0.1) is 11.8 Å². The van der Waals surface area contributed by atoms with Gasteiger partial charge in [-0.1, -0.05) is 19.1 Å². The lowest BCUT2D eigenvalue weighted by atomic mass is 10.1. The zero-order valence-corrected chi connectivity index (χ0v) is 16.2. The SMILES string of the molecule is CCS/C=C(\N)NC(=O)c1cc(Oc2ccccc2S(C)=O)ccc1N. The summed E-state index contributed by atoms with van der Waals surface area (Å²) in [7, 11) is -1.20. The summed E-state index contributed by atoms with van der Waals surface area (Å²) in [5.41, 5.74) is 12.2. The number of carbonyl (C=O) groups is 1. The molecule has 0 spiro atoms. The number of rotatable bonds is 7. The Morgan fingerprint density at radius 3 is 2.73 bits per heavy atom. The molecule has 2 rings (SSSR count). The molecular weight excluding hydrogens is 370 g/mol. The molecule has 0 aliphatic carbocycles. The lowest BCUT2D eigenvalue weighted by Gasteiger charge is -2.12. The zero-order valence-electron chi connectivity index (χ0n) is 14.5. The van der Waals surface area contributed by atoms with Crippen molar-refractivity contribution in [1.29, 1.82) is 0 Å². The Morgan fingerprint density at radius 2 is 2.04 bits per heavy atom. The predicted octanol–water partition coefficient (Wildman–Crippen LogP) is 3.04. The number of hydrogen-bond donors (Lipinski definition) is 3. The summed E-state index contributed by atoms with van der Waals surface area (Å²) in [4.78, 5) is 13.0. The van der Waals surface area contributed by atoms with Gasteiger partial charge in [0, 0.05) is 17.4 Å². The first-order valence-corrected chi connectivity index (χ1v) is 10.4. The molecular formula is C18H21N3O3S2. The van der Waals surface area contributed by atoms with Gasteiger partial charge < -0.3 is 21.5 Å². The molecule has 0 aromatic heterocycles. The highest BCUT2D eigenvalue weighted by Gasteiger charge is 2.13. The Morgan fingerprint density at radius 1 is 1.31 bits per heavy atom. The van der Waals surface area contributed by atoms with Crippen LogP contribution in [0.3, 0.4) is 0 Å². The highest BCUT2D eigenvalue weighted by Crippen LogP contribution is 2.29. The molecule has 2 aromatic carbocycles. The second-order valence-corrected chi connectivity index (χ2v) is 7.73. The van der Waals surface area contributed by atoms with Crippen LogP contribution in [0.5, 0.6) is 11.5 Å². The number of benzene rings is 2. The van der Waals surface area contributed by atoms with Crippen molar-refractivity contribution >= 4 is 34.2 Å². The number of thioether (sulfide) groups is 1. The van der Waals surface area contributed by atoms with Gasteiger partial charge in [-0.3, -0.25) is 9.00 Å². The van der Waals surface area contributed by atoms with Crippen molar-refractivity contribution in [2.45, 2.75) is 11.8 Å². The smallest absolute Gasteiger partial charge is 0.258 e. The fourth-order valence-electron chi connectivity index (χ4n) is 2.10. The number of nitrogens with two attached hydrogens (primary N) is 2. The quantitative estimate of drug-likeness (QED) is 0.626. The van der Waals surface area contributed by atoms with Crippen LogP contribution in [-0.4, -0.2) is 22.1 Å². The van der Waals surface area contributed by atoms with Gasteiger partial charge in [-0.25, -0.2) is 0 Å². The van der Waals surface area contributed by atoms with Gasteiger partial charge in [-0.2, -0.15) is 0 Å². The Hall–Kier alpha value is -2.45. The number of para-hydroxylation sites is 1. The van der Waals surface area contributed by atoms with Crippen LogP contribution in [0.25, 0.3) is 0 Å². The maximum absolute atomic E-state index is 12.4. The number of anilines is 1. The highest BCUT2D eigenvalue weighted by molar-refractivity contribution is 8.02. The maximum atomic E-state index is 12.4. The van der Waals surface area contributed by atoms with Crippen molar-refractivity contribution < 1.29 is 13.7 Å². The van der Waals surface area contributed by atoms with Crippen LogP contribution < -0.4 is 21.5 Å². The van der Waals surface area contributed by atoms with Crippen LogP contribution in [0.4, 0.5) is 5.69 Å². The second-order valence-electron chi connectivity index (χ2n) is 5.23. The zero-order chi connectivity index (χ0) is 19.1. The first kappa shape index (κ1) is 19.9. The monoisotopic (exact) mass is 391 g/mol. The highest BCUT2D eigenvalue weighted by atomic mass is 32.2. The number of nitrogen functional groups attached to an aromatic ring is 1. The van der Waals surface area contributed by atoms with Gasteiger partial charge >= 0.3 is 0 Å². The molecule has 0 saturated carbocycles. The van der Waals surface area contributed by atoms with Crippen LogP contribution in [-0.2, 0) is 10.8 Å². The molecule has 1 unspecified atom stereocenters. The summed E-state index contributed by atoms with van der Waals surface area (Å²) in [6.07, 6.45) is 1.58. The van der Waals surface area contributed by atoms with Crippen molar-refractivity contribution in [2.75, 3.05) is 17.7 Å². The van der Waals surface area contributed by atoms with E-state index in [4.69, 9.17) is 16.2 Å². The number of amides is 1. The van der Waals surface area contributed by atoms with Crippen LogP contribution in [0.1, 0.15) is 17.3 Å². The fraction of sp³-hybridized carbons (Fsp3) is 0.167. The summed E-state index contributed by atoms with van der Waals surface area (Å²) in [6, 6.07) is 11.8. The Bertz CT molecular complexity index is 853. The van der Waals surface area contributed by atoms with Gasteiger partial charge in [0.25, 0.3) is 5.91 Å². The number of carbonyl (C=O) groups excluding carboxylic acids is 1. The van der Waals surface area contributed by atoms with Crippen LogP contribution >= 0.6 is 11.8 Å². The minimum absolute atomic E-state index is 0.246. The summed E-state index contributed by atoms with van der Waals surface area (Å²) in [6.45, 7) is 1.98. The lowest BCUT2D eigenvalue weighted by Crippen LogP contribution is -2.27. The minimum atomic E-state index is -1.20. The Balaban J connectivity index is 2.25. The largest absolute Gasteiger partial charge is 0.456 e. The standard InChI is InChI=1S/C18H21N3O3S2/c1-3-25-11-17(20)21-18(22)13-10-12(8-9-14(13)19)24-15-6-4-5-7-16(15)26(2)23/h4-11H,3,19-20H2,1-2H3,(H,21,22)/b17-11+. The average Bonchev–Trinajstić information content (AvgIpc) is 2.61. The van der Waals surface area contributed by atoms with E-state index in [-0.39, 0.29) is 11.4 Å². The summed E-state index contributed by atoms with van der Waals surface area (Å²) in [5, 5.41) is 4.26. The molecule has 0 heterocycles. The molecule has 0 fully saturated rings. The van der Waals surface area contributed by atoms with E-state index in [1.165, 1.54) is 17.8 Å². The lowest BCUT2D eigenvalue weighted by molar-refractivity contribution is 0.0966. The molecule has 2 aromatic rings. The van der Waals surface area contributed by atoms with E-state index in [0.717, 1.165) is 5.75 Å². The molecule has 0 aliphatic heterocycles. The molecule has 5 N–H and O–H groups in total. The molecule has 0 radical (unpaired) electrons. The van der Waals surface area contributed by atoms with Crippen LogP contribution in [0, 0.1) is 0 Å². The first-order valence-electron chi connectivity index (χ1n) is 7.80. The van der Waals surface area contributed by atoms with E-state index in [1.54, 1.807) is 48.1 Å². The number of hydrogen-bond acceptors (Lipinski definition) is 6. The molecule has 8 heteroatoms. The normalized spacial score (nSPS) is 12.5.